The van der Waals surface area contributed by atoms with Crippen LogP contribution in [0.2, 0.25) is 0 Å². The van der Waals surface area contributed by atoms with Gasteiger partial charge in [0, 0.05) is 25.7 Å². The van der Waals surface area contributed by atoms with Crippen LogP contribution >= 0.6 is 15.6 Å². The maximum absolute atomic E-state index is 13.1. The number of hydrogen-bond donors (Lipinski definition) is 3. The number of phosphoric acid groups is 2. The smallest absolute Gasteiger partial charge is 0.462 e. The van der Waals surface area contributed by atoms with Crippen molar-refractivity contribution in [3.8, 4) is 0 Å². The Morgan fingerprint density at radius 1 is 0.287 bits per heavy atom. The molecule has 0 saturated carbocycles. The highest BCUT2D eigenvalue weighted by atomic mass is 31.2. The lowest BCUT2D eigenvalue weighted by Crippen LogP contribution is -2.30. The van der Waals surface area contributed by atoms with Crippen molar-refractivity contribution in [3.05, 3.63) is 0 Å². The largest absolute Gasteiger partial charge is 0.472 e. The molecular formula is C82H160O17P2. The number of aliphatic hydroxyl groups excluding tert-OH is 1. The van der Waals surface area contributed by atoms with Gasteiger partial charge in [-0.3, -0.25) is 37.3 Å². The Hall–Kier alpha value is -1.94. The van der Waals surface area contributed by atoms with Gasteiger partial charge in [-0.1, -0.05) is 382 Å². The molecule has 0 amide bonds. The second-order valence-corrected chi connectivity index (χ2v) is 33.1. The molecule has 19 heteroatoms. The molecule has 0 aromatic heterocycles. The molecule has 6 atom stereocenters. The summed E-state index contributed by atoms with van der Waals surface area (Å²) in [4.78, 5) is 72.9. The van der Waals surface area contributed by atoms with Crippen LogP contribution in [0.1, 0.15) is 433 Å². The van der Waals surface area contributed by atoms with Crippen LogP contribution in [0.5, 0.6) is 0 Å². The fraction of sp³-hybridized carbons (Fsp3) is 0.951. The van der Waals surface area contributed by atoms with Gasteiger partial charge in [0.25, 0.3) is 0 Å². The number of esters is 4. The molecule has 0 rings (SSSR count). The van der Waals surface area contributed by atoms with Gasteiger partial charge in [0.15, 0.2) is 12.2 Å². The van der Waals surface area contributed by atoms with E-state index in [9.17, 15) is 43.2 Å². The molecule has 0 saturated heterocycles. The zero-order chi connectivity index (χ0) is 74.2. The summed E-state index contributed by atoms with van der Waals surface area (Å²) in [6.07, 6.45) is 63.9. The van der Waals surface area contributed by atoms with E-state index < -0.39 is 97.5 Å². The van der Waals surface area contributed by atoms with E-state index in [0.29, 0.717) is 25.7 Å². The highest BCUT2D eigenvalue weighted by Gasteiger charge is 2.30. The Morgan fingerprint density at radius 3 is 0.752 bits per heavy atom. The van der Waals surface area contributed by atoms with Crippen molar-refractivity contribution < 1.29 is 80.2 Å². The van der Waals surface area contributed by atoms with Crippen LogP contribution in [0.3, 0.4) is 0 Å². The first kappa shape index (κ1) is 99.1. The Bertz CT molecular complexity index is 1940. The summed E-state index contributed by atoms with van der Waals surface area (Å²) < 4.78 is 68.6. The van der Waals surface area contributed by atoms with Gasteiger partial charge in [0.1, 0.15) is 19.3 Å². The van der Waals surface area contributed by atoms with Gasteiger partial charge < -0.3 is 33.8 Å². The number of carbonyl (C=O) groups is 4. The van der Waals surface area contributed by atoms with E-state index in [-0.39, 0.29) is 25.7 Å². The Balaban J connectivity index is 5.18. The Morgan fingerprint density at radius 2 is 0.505 bits per heavy atom. The zero-order valence-electron chi connectivity index (χ0n) is 66.2. The van der Waals surface area contributed by atoms with Crippen LogP contribution in [0.15, 0.2) is 0 Å². The summed E-state index contributed by atoms with van der Waals surface area (Å²) in [5.41, 5.74) is 0. The predicted octanol–water partition coefficient (Wildman–Crippen LogP) is 24.7. The first-order valence-electron chi connectivity index (χ1n) is 42.5. The molecule has 0 aliphatic carbocycles. The van der Waals surface area contributed by atoms with Crippen LogP contribution in [0.4, 0.5) is 0 Å². The number of rotatable bonds is 81. The minimum absolute atomic E-state index is 0.107. The molecule has 3 unspecified atom stereocenters. The molecule has 0 aromatic rings. The number of unbranched alkanes of at least 4 members (excludes halogenated alkanes) is 50. The highest BCUT2D eigenvalue weighted by Crippen LogP contribution is 2.45. The monoisotopic (exact) mass is 1480 g/mol. The molecule has 0 bridgehead atoms. The number of carbonyl (C=O) groups excluding carboxylic acids is 4. The van der Waals surface area contributed by atoms with Crippen LogP contribution in [-0.2, 0) is 65.4 Å². The molecule has 600 valence electrons. The molecule has 0 fully saturated rings. The van der Waals surface area contributed by atoms with E-state index in [1.165, 1.54) is 250 Å². The molecule has 17 nitrogen and oxygen atoms in total. The lowest BCUT2D eigenvalue weighted by Gasteiger charge is -2.21. The topological polar surface area (TPSA) is 237 Å². The predicted molar refractivity (Wildman–Crippen MR) is 414 cm³/mol. The molecule has 0 heterocycles. The van der Waals surface area contributed by atoms with Gasteiger partial charge in [0.2, 0.25) is 0 Å². The third-order valence-electron chi connectivity index (χ3n) is 19.6. The van der Waals surface area contributed by atoms with Gasteiger partial charge in [-0.05, 0) is 37.5 Å². The lowest BCUT2D eigenvalue weighted by atomic mass is 9.99. The van der Waals surface area contributed by atoms with E-state index in [0.717, 1.165) is 102 Å². The average molecular weight is 1480 g/mol. The number of ether oxygens (including phenoxy) is 4. The molecular weight excluding hydrogens is 1320 g/mol. The van der Waals surface area contributed by atoms with Crippen molar-refractivity contribution in [1.82, 2.24) is 0 Å². The fourth-order valence-corrected chi connectivity index (χ4v) is 14.3. The van der Waals surface area contributed by atoms with Crippen LogP contribution < -0.4 is 0 Å². The van der Waals surface area contributed by atoms with Crippen LogP contribution in [-0.4, -0.2) is 96.7 Å². The van der Waals surface area contributed by atoms with E-state index in [1.807, 2.05) is 0 Å². The minimum Gasteiger partial charge on any atom is -0.462 e. The van der Waals surface area contributed by atoms with Crippen molar-refractivity contribution in [1.29, 1.82) is 0 Å². The van der Waals surface area contributed by atoms with E-state index in [2.05, 4.69) is 41.5 Å². The maximum Gasteiger partial charge on any atom is 0.472 e. The first-order valence-corrected chi connectivity index (χ1v) is 45.5. The summed E-state index contributed by atoms with van der Waals surface area (Å²) in [7, 11) is -9.91. The zero-order valence-corrected chi connectivity index (χ0v) is 68.0. The Labute approximate surface area is 619 Å². The van der Waals surface area contributed by atoms with E-state index in [1.54, 1.807) is 0 Å². The summed E-state index contributed by atoms with van der Waals surface area (Å²) in [6.45, 7) is 9.72. The summed E-state index contributed by atoms with van der Waals surface area (Å²) in [5.74, 6) is -0.425. The van der Waals surface area contributed by atoms with Crippen molar-refractivity contribution in [2.24, 2.45) is 11.8 Å². The number of phosphoric ester groups is 2. The normalized spacial score (nSPS) is 14.2. The molecule has 3 N–H and O–H groups in total. The summed E-state index contributed by atoms with van der Waals surface area (Å²) in [6, 6.07) is 0. The van der Waals surface area contributed by atoms with Crippen molar-refractivity contribution in [3.63, 3.8) is 0 Å². The van der Waals surface area contributed by atoms with Crippen molar-refractivity contribution in [2.45, 2.75) is 452 Å². The van der Waals surface area contributed by atoms with Gasteiger partial charge in [-0.2, -0.15) is 0 Å². The molecule has 0 spiro atoms. The molecule has 0 aromatic carbocycles. The Kier molecular flexibility index (Phi) is 72.2. The molecule has 101 heavy (non-hydrogen) atoms. The lowest BCUT2D eigenvalue weighted by molar-refractivity contribution is -0.161. The van der Waals surface area contributed by atoms with Crippen LogP contribution in [0, 0.1) is 11.8 Å². The molecule has 0 aliphatic heterocycles. The van der Waals surface area contributed by atoms with E-state index >= 15 is 0 Å². The first-order chi connectivity index (χ1) is 48.9. The van der Waals surface area contributed by atoms with E-state index in [4.69, 9.17) is 37.0 Å². The summed E-state index contributed by atoms with van der Waals surface area (Å²) in [5, 5.41) is 10.6. The quantitative estimate of drug-likeness (QED) is 0.0222. The second kappa shape index (κ2) is 73.6. The minimum atomic E-state index is -4.96. The summed E-state index contributed by atoms with van der Waals surface area (Å²) >= 11 is 0. The number of aliphatic hydroxyl groups is 1. The standard InChI is InChI=1S/C82H160O17P2/c1-7-10-12-14-16-18-40-46-52-58-64-79(84)92-70-77(98-81(86)66-60-54-48-41-19-17-15-13-11-8-2)72-96-100(88,89)94-68-76(83)69-95-101(90,91)97-73-78(71-93-80(85)65-59-53-47-42-36-32-28-25-24-26-30-34-38-44-50-56-62-74(4)5)99-82(87)67-61-55-49-43-37-33-29-23-21-20-22-27-31-35-39-45-51-57-63-75(6)9-3/h74-78,83H,7-73H2,1-6H3,(H,88,89)(H,90,91)/t75?,76-,77+,78+/m0/s1. The SMILES string of the molecule is CCCCCCCCCCCCC(=O)OC[C@H](COP(=O)(O)OC[C@H](O)COP(=O)(O)OC[C@@H](COC(=O)CCCCCCCCCCCCCCCCCCC(C)C)OC(=O)CCCCCCCCCCCCCCCCCCCCC(C)CC)OC(=O)CCCCCCCCCCCC. The van der Waals surface area contributed by atoms with Gasteiger partial charge in [0.05, 0.1) is 26.4 Å². The average Bonchev–Trinajstić information content (AvgIpc) is 0.988. The molecule has 0 radical (unpaired) electrons. The second-order valence-electron chi connectivity index (χ2n) is 30.2. The van der Waals surface area contributed by atoms with Crippen molar-refractivity contribution in [2.75, 3.05) is 39.6 Å². The number of hydrogen-bond acceptors (Lipinski definition) is 15. The van der Waals surface area contributed by atoms with Crippen LogP contribution in [0.25, 0.3) is 0 Å². The highest BCUT2D eigenvalue weighted by molar-refractivity contribution is 7.47. The van der Waals surface area contributed by atoms with Gasteiger partial charge in [-0.15, -0.1) is 0 Å². The maximum atomic E-state index is 13.1. The fourth-order valence-electron chi connectivity index (χ4n) is 12.7. The van der Waals surface area contributed by atoms with Gasteiger partial charge >= 0.3 is 39.5 Å². The van der Waals surface area contributed by atoms with Gasteiger partial charge in [-0.25, -0.2) is 9.13 Å². The third-order valence-corrected chi connectivity index (χ3v) is 21.5. The van der Waals surface area contributed by atoms with Crippen molar-refractivity contribution >= 4 is 39.5 Å². The molecule has 0 aliphatic rings. The third kappa shape index (κ3) is 74.7.